The van der Waals surface area contributed by atoms with Gasteiger partial charge in [0, 0.05) is 11.8 Å². The number of aromatic amines is 1. The molecule has 0 bridgehead atoms. The van der Waals surface area contributed by atoms with Crippen molar-refractivity contribution in [3.63, 3.8) is 0 Å². The first-order valence-corrected chi connectivity index (χ1v) is 6.18. The lowest BCUT2D eigenvalue weighted by atomic mass is 10.2. The summed E-state index contributed by atoms with van der Waals surface area (Å²) in [7, 11) is 0. The van der Waals surface area contributed by atoms with Crippen molar-refractivity contribution >= 4 is 11.6 Å². The number of hydrogen-bond donors (Lipinski definition) is 2. The molecule has 0 fully saturated rings. The lowest BCUT2D eigenvalue weighted by Crippen LogP contribution is -2.12. The molecular weight excluding hydrogens is 242 g/mol. The summed E-state index contributed by atoms with van der Waals surface area (Å²) in [6.07, 6.45) is 3.17. The van der Waals surface area contributed by atoms with Gasteiger partial charge in [-0.3, -0.25) is 9.89 Å². The van der Waals surface area contributed by atoms with Crippen molar-refractivity contribution in [2.24, 2.45) is 5.92 Å². The average Bonchev–Trinajstić information content (AvgIpc) is 2.89. The molecular formula is C14H17N3O2. The van der Waals surface area contributed by atoms with Crippen molar-refractivity contribution in [2.75, 3.05) is 11.9 Å². The highest BCUT2D eigenvalue weighted by molar-refractivity contribution is 6.04. The summed E-state index contributed by atoms with van der Waals surface area (Å²) in [5.41, 5.74) is 1.20. The van der Waals surface area contributed by atoms with Crippen LogP contribution in [-0.2, 0) is 0 Å². The normalized spacial score (nSPS) is 10.5. The van der Waals surface area contributed by atoms with Crippen LogP contribution in [0.1, 0.15) is 24.2 Å². The number of benzene rings is 1. The summed E-state index contributed by atoms with van der Waals surface area (Å²) in [6.45, 7) is 4.79. The monoisotopic (exact) mass is 259 g/mol. The Labute approximate surface area is 112 Å². The van der Waals surface area contributed by atoms with Gasteiger partial charge in [-0.25, -0.2) is 0 Å². The number of aromatic nitrogens is 2. The summed E-state index contributed by atoms with van der Waals surface area (Å²) in [5.74, 6) is 0.966. The summed E-state index contributed by atoms with van der Waals surface area (Å²) in [6, 6.07) is 7.13. The molecule has 5 nitrogen and oxygen atoms in total. The van der Waals surface area contributed by atoms with Crippen LogP contribution < -0.4 is 10.1 Å². The third-order valence-electron chi connectivity index (χ3n) is 2.44. The van der Waals surface area contributed by atoms with Crippen LogP contribution in [-0.4, -0.2) is 22.7 Å². The average molecular weight is 259 g/mol. The molecule has 0 radical (unpaired) electrons. The van der Waals surface area contributed by atoms with Crippen LogP contribution in [0.2, 0.25) is 0 Å². The SMILES string of the molecule is CC(C)COc1cccc(C(=O)Nc2cn[nH]c2)c1. The van der Waals surface area contributed by atoms with E-state index in [1.54, 1.807) is 30.6 Å². The predicted octanol–water partition coefficient (Wildman–Crippen LogP) is 2.70. The number of anilines is 1. The molecule has 5 heteroatoms. The van der Waals surface area contributed by atoms with Gasteiger partial charge in [-0.15, -0.1) is 0 Å². The van der Waals surface area contributed by atoms with Crippen molar-refractivity contribution in [1.29, 1.82) is 0 Å². The van der Waals surface area contributed by atoms with E-state index < -0.39 is 0 Å². The summed E-state index contributed by atoms with van der Waals surface area (Å²) >= 11 is 0. The first-order chi connectivity index (χ1) is 9.15. The Bertz CT molecular complexity index is 535. The number of amides is 1. The quantitative estimate of drug-likeness (QED) is 0.867. The fourth-order valence-corrected chi connectivity index (χ4v) is 1.51. The zero-order chi connectivity index (χ0) is 13.7. The molecule has 1 aromatic heterocycles. The molecule has 19 heavy (non-hydrogen) atoms. The second-order valence-corrected chi connectivity index (χ2v) is 4.67. The number of ether oxygens (including phenoxy) is 1. The van der Waals surface area contributed by atoms with Crippen molar-refractivity contribution in [2.45, 2.75) is 13.8 Å². The maximum atomic E-state index is 12.0. The molecule has 2 N–H and O–H groups in total. The largest absolute Gasteiger partial charge is 0.493 e. The van der Waals surface area contributed by atoms with E-state index in [1.807, 2.05) is 6.07 Å². The Kier molecular flexibility index (Phi) is 4.18. The van der Waals surface area contributed by atoms with Gasteiger partial charge in [0.1, 0.15) is 5.75 Å². The molecule has 0 spiro atoms. The highest BCUT2D eigenvalue weighted by Gasteiger charge is 2.08. The standard InChI is InChI=1S/C14H17N3O2/c1-10(2)9-19-13-5-3-4-11(6-13)14(18)17-12-7-15-16-8-12/h3-8,10H,9H2,1-2H3,(H,15,16)(H,17,18). The second kappa shape index (κ2) is 6.04. The van der Waals surface area contributed by atoms with Crippen LogP contribution in [0.4, 0.5) is 5.69 Å². The number of rotatable bonds is 5. The maximum absolute atomic E-state index is 12.0. The third kappa shape index (κ3) is 3.84. The van der Waals surface area contributed by atoms with Gasteiger partial charge < -0.3 is 10.1 Å². The number of carbonyl (C=O) groups is 1. The van der Waals surface area contributed by atoms with Gasteiger partial charge in [0.25, 0.3) is 5.91 Å². The molecule has 0 aliphatic rings. The summed E-state index contributed by atoms with van der Waals surface area (Å²) < 4.78 is 5.59. The smallest absolute Gasteiger partial charge is 0.255 e. The Hall–Kier alpha value is -2.30. The van der Waals surface area contributed by atoms with Gasteiger partial charge in [-0.2, -0.15) is 5.10 Å². The second-order valence-electron chi connectivity index (χ2n) is 4.67. The summed E-state index contributed by atoms with van der Waals surface area (Å²) in [4.78, 5) is 12.0. The van der Waals surface area contributed by atoms with E-state index in [0.29, 0.717) is 29.5 Å². The van der Waals surface area contributed by atoms with E-state index in [1.165, 1.54) is 0 Å². The molecule has 0 aliphatic carbocycles. The summed E-state index contributed by atoms with van der Waals surface area (Å²) in [5, 5.41) is 9.15. The molecule has 1 heterocycles. The number of H-pyrrole nitrogens is 1. The zero-order valence-electron chi connectivity index (χ0n) is 11.0. The van der Waals surface area contributed by atoms with E-state index >= 15 is 0 Å². The topological polar surface area (TPSA) is 67.0 Å². The third-order valence-corrected chi connectivity index (χ3v) is 2.44. The van der Waals surface area contributed by atoms with Crippen molar-refractivity contribution in [1.82, 2.24) is 10.2 Å². The van der Waals surface area contributed by atoms with E-state index in [0.717, 1.165) is 0 Å². The minimum absolute atomic E-state index is 0.184. The van der Waals surface area contributed by atoms with Gasteiger partial charge in [0.05, 0.1) is 18.5 Å². The molecule has 0 saturated heterocycles. The van der Waals surface area contributed by atoms with Crippen LogP contribution in [0.5, 0.6) is 5.75 Å². The van der Waals surface area contributed by atoms with Crippen LogP contribution in [0, 0.1) is 5.92 Å². The molecule has 2 aromatic rings. The van der Waals surface area contributed by atoms with E-state index in [9.17, 15) is 4.79 Å². The predicted molar refractivity (Wildman–Crippen MR) is 73.3 cm³/mol. The zero-order valence-corrected chi connectivity index (χ0v) is 11.0. The number of hydrogen-bond acceptors (Lipinski definition) is 3. The molecule has 1 aromatic carbocycles. The van der Waals surface area contributed by atoms with Gasteiger partial charge >= 0.3 is 0 Å². The van der Waals surface area contributed by atoms with Crippen LogP contribution in [0.25, 0.3) is 0 Å². The fourth-order valence-electron chi connectivity index (χ4n) is 1.51. The minimum Gasteiger partial charge on any atom is -0.493 e. The first-order valence-electron chi connectivity index (χ1n) is 6.18. The van der Waals surface area contributed by atoms with Crippen molar-refractivity contribution in [3.05, 3.63) is 42.2 Å². The number of nitrogens with one attached hydrogen (secondary N) is 2. The molecule has 0 atom stereocenters. The lowest BCUT2D eigenvalue weighted by Gasteiger charge is -2.09. The van der Waals surface area contributed by atoms with Gasteiger partial charge in [0.15, 0.2) is 0 Å². The van der Waals surface area contributed by atoms with Crippen molar-refractivity contribution < 1.29 is 9.53 Å². The Morgan fingerprint density at radius 1 is 1.47 bits per heavy atom. The highest BCUT2D eigenvalue weighted by atomic mass is 16.5. The van der Waals surface area contributed by atoms with E-state index in [2.05, 4.69) is 29.4 Å². The molecule has 2 rings (SSSR count). The fraction of sp³-hybridized carbons (Fsp3) is 0.286. The first kappa shape index (κ1) is 13.1. The molecule has 0 saturated carbocycles. The van der Waals surface area contributed by atoms with Crippen LogP contribution in [0.15, 0.2) is 36.7 Å². The Morgan fingerprint density at radius 3 is 3.00 bits per heavy atom. The van der Waals surface area contributed by atoms with Crippen molar-refractivity contribution in [3.8, 4) is 5.75 Å². The van der Waals surface area contributed by atoms with Gasteiger partial charge in [-0.1, -0.05) is 19.9 Å². The van der Waals surface area contributed by atoms with E-state index in [-0.39, 0.29) is 5.91 Å². The highest BCUT2D eigenvalue weighted by Crippen LogP contribution is 2.15. The Balaban J connectivity index is 2.03. The molecule has 0 aliphatic heterocycles. The molecule has 100 valence electrons. The molecule has 1 amide bonds. The van der Waals surface area contributed by atoms with Crippen LogP contribution >= 0.6 is 0 Å². The van der Waals surface area contributed by atoms with Gasteiger partial charge in [-0.05, 0) is 24.1 Å². The van der Waals surface area contributed by atoms with Gasteiger partial charge in [0.2, 0.25) is 0 Å². The number of carbonyl (C=O) groups excluding carboxylic acids is 1. The van der Waals surface area contributed by atoms with Crippen LogP contribution in [0.3, 0.4) is 0 Å². The lowest BCUT2D eigenvalue weighted by molar-refractivity contribution is 0.102. The van der Waals surface area contributed by atoms with E-state index in [4.69, 9.17) is 4.74 Å². The Morgan fingerprint density at radius 2 is 2.32 bits per heavy atom. The minimum atomic E-state index is -0.184. The number of nitrogens with zero attached hydrogens (tertiary/aromatic N) is 1. The molecule has 0 unspecified atom stereocenters. The maximum Gasteiger partial charge on any atom is 0.255 e.